The SMILES string of the molecule is [B]c1c([B])c([B])c(-c2cccc(-c3cccc(-n4c5ccccc5c5ccc6c7ccccc7n(-c7nc(-c8ccccc8)nc(-c8c([B])c([B])c([B])c([B])c8[B])n7)c6c54)c3)c2)c([B])c1[B]. The minimum Gasteiger partial charge on any atom is -0.307 e. The Kier molecular flexibility index (Phi) is 10.0. The molecule has 11 rings (SSSR count). The molecule has 15 heteroatoms. The Bertz CT molecular complexity index is 3790. The van der Waals surface area contributed by atoms with Gasteiger partial charge in [-0.05, 0) is 52.6 Å². The van der Waals surface area contributed by atoms with Crippen LogP contribution in [0.4, 0.5) is 0 Å². The first kappa shape index (κ1) is 41.7. The van der Waals surface area contributed by atoms with Crippen molar-refractivity contribution in [2.75, 3.05) is 0 Å². The third-order valence-electron chi connectivity index (χ3n) is 12.5. The average Bonchev–Trinajstić information content (AvgIpc) is 3.87. The molecule has 8 aromatic carbocycles. The largest absolute Gasteiger partial charge is 0.307 e. The van der Waals surface area contributed by atoms with Crippen LogP contribution in [0, 0.1) is 0 Å². The van der Waals surface area contributed by atoms with Crippen molar-refractivity contribution in [3.63, 3.8) is 0 Å². The van der Waals surface area contributed by atoms with Crippen molar-refractivity contribution in [2.24, 2.45) is 0 Å². The molecule has 0 spiro atoms. The van der Waals surface area contributed by atoms with Gasteiger partial charge >= 0.3 is 0 Å². The van der Waals surface area contributed by atoms with Crippen molar-refractivity contribution >= 4 is 177 Å². The summed E-state index contributed by atoms with van der Waals surface area (Å²) in [5.74, 6) is 0.869. The van der Waals surface area contributed by atoms with E-state index in [9.17, 15) is 0 Å². The summed E-state index contributed by atoms with van der Waals surface area (Å²) >= 11 is 0. The molecule has 66 heavy (non-hydrogen) atoms. The summed E-state index contributed by atoms with van der Waals surface area (Å²) in [6.07, 6.45) is 0. The number of rotatable bonds is 6. The highest BCUT2D eigenvalue weighted by Gasteiger charge is 2.25. The molecular formula is C51H23B10N5. The summed E-state index contributed by atoms with van der Waals surface area (Å²) < 4.78 is 4.35. The van der Waals surface area contributed by atoms with Crippen molar-refractivity contribution in [3.8, 4) is 56.7 Å². The molecular weight excluding hydrogens is 791 g/mol. The molecule has 0 saturated carbocycles. The van der Waals surface area contributed by atoms with Crippen molar-refractivity contribution in [2.45, 2.75) is 0 Å². The molecule has 0 aliphatic heterocycles. The maximum absolute atomic E-state index is 6.67. The summed E-state index contributed by atoms with van der Waals surface area (Å²) in [6, 6.07) is 46.7. The fourth-order valence-corrected chi connectivity index (χ4v) is 9.20. The molecule has 0 unspecified atom stereocenters. The van der Waals surface area contributed by atoms with E-state index in [0.29, 0.717) is 17.3 Å². The first-order valence-electron chi connectivity index (χ1n) is 20.9. The van der Waals surface area contributed by atoms with E-state index in [4.69, 9.17) is 93.4 Å². The number of hydrogen-bond donors (Lipinski definition) is 0. The molecule has 0 atom stereocenters. The molecule has 0 aliphatic rings. The Hall–Kier alpha value is -6.98. The lowest BCUT2D eigenvalue weighted by Gasteiger charge is -2.21. The molecule has 3 heterocycles. The molecule has 11 aromatic rings. The fraction of sp³-hybridized carbons (Fsp3) is 0. The summed E-state index contributed by atoms with van der Waals surface area (Å²) in [6.45, 7) is 0. The second kappa shape index (κ2) is 15.9. The van der Waals surface area contributed by atoms with Gasteiger partial charge in [0.25, 0.3) is 0 Å². The number of hydrogen-bond acceptors (Lipinski definition) is 3. The zero-order valence-corrected chi connectivity index (χ0v) is 35.3. The van der Waals surface area contributed by atoms with Gasteiger partial charge in [0.15, 0.2) is 11.6 Å². The topological polar surface area (TPSA) is 48.5 Å². The van der Waals surface area contributed by atoms with E-state index in [1.54, 1.807) is 0 Å². The second-order valence-electron chi connectivity index (χ2n) is 16.2. The third kappa shape index (κ3) is 6.34. The van der Waals surface area contributed by atoms with Gasteiger partial charge in [-0.2, -0.15) is 9.97 Å². The van der Waals surface area contributed by atoms with Crippen LogP contribution >= 0.6 is 0 Å². The van der Waals surface area contributed by atoms with Crippen molar-refractivity contribution < 1.29 is 0 Å². The van der Waals surface area contributed by atoms with E-state index in [2.05, 4.69) is 63.7 Å². The standard InChI is InChI=1S/C51H23B10N5/c52-37-35(38(53)42(57)45(60)41(37)56)27-14-8-12-25(22-27)26-13-9-15-28(23-26)65-33-18-6-4-16-29(33)31-20-21-32-30-17-5-7-19-34(30)66(48(32)47(31)65)51-63-49(24-10-2-1-3-11-24)62-50(64-51)36-39(54)43(58)46(61)44(59)40(36)55/h1-23H. The maximum Gasteiger partial charge on any atom is 0.238 e. The minimum absolute atomic E-state index is 0.0878. The Balaban J connectivity index is 1.20. The van der Waals surface area contributed by atoms with Crippen LogP contribution in [0.15, 0.2) is 140 Å². The van der Waals surface area contributed by atoms with Crippen LogP contribution in [0.2, 0.25) is 0 Å². The summed E-state index contributed by atoms with van der Waals surface area (Å²) in [5, 5.41) is 4.04. The molecule has 20 radical (unpaired) electrons. The van der Waals surface area contributed by atoms with Gasteiger partial charge in [0.05, 0.1) is 22.1 Å². The molecule has 5 nitrogen and oxygen atoms in total. The van der Waals surface area contributed by atoms with Crippen molar-refractivity contribution in [3.05, 3.63) is 140 Å². The summed E-state index contributed by atoms with van der Waals surface area (Å²) in [5.41, 5.74) is 10.2. The second-order valence-corrected chi connectivity index (χ2v) is 16.2. The zero-order valence-electron chi connectivity index (χ0n) is 35.3. The smallest absolute Gasteiger partial charge is 0.238 e. The van der Waals surface area contributed by atoms with Gasteiger partial charge in [-0.1, -0.05) is 131 Å². The van der Waals surface area contributed by atoms with Crippen LogP contribution in [-0.4, -0.2) is 103 Å². The van der Waals surface area contributed by atoms with Crippen LogP contribution in [0.25, 0.3) is 100 Å². The van der Waals surface area contributed by atoms with E-state index in [-0.39, 0.29) is 66.0 Å². The van der Waals surface area contributed by atoms with Gasteiger partial charge in [0.2, 0.25) is 5.95 Å². The van der Waals surface area contributed by atoms with Crippen LogP contribution in [-0.2, 0) is 0 Å². The molecule has 282 valence electrons. The molecule has 0 bridgehead atoms. The zero-order chi connectivity index (χ0) is 45.7. The summed E-state index contributed by atoms with van der Waals surface area (Å²) in [7, 11) is 64.1. The fourth-order valence-electron chi connectivity index (χ4n) is 9.20. The number of benzene rings is 8. The molecule has 3 aromatic heterocycles. The van der Waals surface area contributed by atoms with Crippen molar-refractivity contribution in [1.29, 1.82) is 0 Å². The monoisotopic (exact) mass is 815 g/mol. The lowest BCUT2D eigenvalue weighted by molar-refractivity contribution is 0.955. The van der Waals surface area contributed by atoms with E-state index >= 15 is 0 Å². The van der Waals surface area contributed by atoms with Crippen LogP contribution in [0.3, 0.4) is 0 Å². The molecule has 0 fully saturated rings. The lowest BCUT2D eigenvalue weighted by atomic mass is 9.59. The average molecular weight is 814 g/mol. The predicted molar refractivity (Wildman–Crippen MR) is 284 cm³/mol. The van der Waals surface area contributed by atoms with Gasteiger partial charge in [-0.15, -0.1) is 32.8 Å². The Morgan fingerprint density at radius 1 is 0.303 bits per heavy atom. The normalized spacial score (nSPS) is 11.6. The van der Waals surface area contributed by atoms with Gasteiger partial charge in [-0.3, -0.25) is 4.57 Å². The van der Waals surface area contributed by atoms with Crippen molar-refractivity contribution in [1.82, 2.24) is 24.1 Å². The Labute approximate surface area is 395 Å². The van der Waals surface area contributed by atoms with Gasteiger partial charge in [0, 0.05) is 38.4 Å². The lowest BCUT2D eigenvalue weighted by Crippen LogP contribution is -2.55. The van der Waals surface area contributed by atoms with Crippen LogP contribution in [0.5, 0.6) is 0 Å². The summed E-state index contributed by atoms with van der Waals surface area (Å²) in [4.78, 5) is 15.3. The molecule has 0 amide bonds. The number of para-hydroxylation sites is 2. The quantitative estimate of drug-likeness (QED) is 0.233. The van der Waals surface area contributed by atoms with E-state index in [1.807, 2.05) is 84.9 Å². The number of fused-ring (bicyclic) bond motifs is 7. The molecule has 0 aliphatic carbocycles. The first-order valence-corrected chi connectivity index (χ1v) is 20.9. The third-order valence-corrected chi connectivity index (χ3v) is 12.5. The number of aromatic nitrogens is 5. The van der Waals surface area contributed by atoms with Gasteiger partial charge in [0.1, 0.15) is 78.5 Å². The highest BCUT2D eigenvalue weighted by Crippen LogP contribution is 2.42. The van der Waals surface area contributed by atoms with Gasteiger partial charge in [-0.25, -0.2) is 4.98 Å². The van der Waals surface area contributed by atoms with Gasteiger partial charge < -0.3 is 4.57 Å². The highest BCUT2D eigenvalue weighted by atomic mass is 15.2. The van der Waals surface area contributed by atoms with E-state index in [1.165, 1.54) is 0 Å². The van der Waals surface area contributed by atoms with Crippen LogP contribution < -0.4 is 54.6 Å². The Morgan fingerprint density at radius 2 is 0.742 bits per heavy atom. The minimum atomic E-state index is 0.0878. The first-order chi connectivity index (χ1) is 31.9. The van der Waals surface area contributed by atoms with Crippen LogP contribution in [0.1, 0.15) is 0 Å². The predicted octanol–water partition coefficient (Wildman–Crippen LogP) is 0.672. The van der Waals surface area contributed by atoms with E-state index in [0.717, 1.165) is 71.6 Å². The Morgan fingerprint density at radius 3 is 1.35 bits per heavy atom. The highest BCUT2D eigenvalue weighted by molar-refractivity contribution is 6.69. The van der Waals surface area contributed by atoms with E-state index < -0.39 is 0 Å². The molecule has 0 saturated heterocycles. The molecule has 0 N–H and O–H groups in total. The number of nitrogens with zero attached hydrogens (tertiary/aromatic N) is 5. The maximum atomic E-state index is 6.67.